The number of aliphatic carboxylic acids is 1. The monoisotopic (exact) mass is 538 g/mol. The number of phenols is 2. The predicted molar refractivity (Wildman–Crippen MR) is 127 cm³/mol. The molecular weight excluding hydrogens is 508 g/mol. The van der Waals surface area contributed by atoms with Gasteiger partial charge < -0.3 is 54.7 Å². The lowest BCUT2D eigenvalue weighted by molar-refractivity contribution is -0.340. The van der Waals surface area contributed by atoms with Crippen molar-refractivity contribution in [1.29, 1.82) is 0 Å². The Morgan fingerprint density at radius 2 is 1.82 bits per heavy atom. The van der Waals surface area contributed by atoms with Gasteiger partial charge in [-0.2, -0.15) is 0 Å². The molecule has 3 rings (SSSR count). The zero-order chi connectivity index (χ0) is 28.0. The summed E-state index contributed by atoms with van der Waals surface area (Å²) in [5, 5.41) is 68.4. The number of phenolic OH excluding ortho intramolecular Hbond substituents is 2. The van der Waals surface area contributed by atoms with Crippen molar-refractivity contribution in [2.24, 2.45) is 11.8 Å². The van der Waals surface area contributed by atoms with Crippen LogP contribution < -0.4 is 0 Å². The van der Waals surface area contributed by atoms with Crippen LogP contribution in [0.15, 0.2) is 48.8 Å². The Morgan fingerprint density at radius 1 is 1.08 bits per heavy atom. The van der Waals surface area contributed by atoms with Crippen molar-refractivity contribution in [3.05, 3.63) is 54.3 Å². The van der Waals surface area contributed by atoms with Crippen LogP contribution in [-0.2, 0) is 28.5 Å². The van der Waals surface area contributed by atoms with Crippen LogP contribution in [0.5, 0.6) is 11.5 Å². The Balaban J connectivity index is 1.82. The van der Waals surface area contributed by atoms with E-state index in [9.17, 15) is 45.3 Å². The molecule has 1 aromatic rings. The summed E-state index contributed by atoms with van der Waals surface area (Å²) in [4.78, 5) is 24.2. The minimum Gasteiger partial charge on any atom is -0.504 e. The number of ether oxygens (including phenoxy) is 4. The van der Waals surface area contributed by atoms with Gasteiger partial charge in [-0.25, -0.2) is 9.59 Å². The Morgan fingerprint density at radius 3 is 2.42 bits per heavy atom. The van der Waals surface area contributed by atoms with Gasteiger partial charge in [0.05, 0.1) is 18.4 Å². The molecule has 0 amide bonds. The molecule has 1 fully saturated rings. The van der Waals surface area contributed by atoms with Crippen LogP contribution in [0.25, 0.3) is 6.08 Å². The average molecular weight is 539 g/mol. The second-order valence-electron chi connectivity index (χ2n) is 8.64. The highest BCUT2D eigenvalue weighted by molar-refractivity contribution is 5.87. The van der Waals surface area contributed by atoms with E-state index in [0.29, 0.717) is 5.56 Å². The molecule has 208 valence electrons. The van der Waals surface area contributed by atoms with Crippen molar-refractivity contribution in [1.82, 2.24) is 0 Å². The quantitative estimate of drug-likeness (QED) is 0.0876. The van der Waals surface area contributed by atoms with Gasteiger partial charge in [0.15, 0.2) is 17.6 Å². The van der Waals surface area contributed by atoms with E-state index in [0.717, 1.165) is 12.3 Å². The standard InChI is InChI=1S/C25H30O13/c1-2-13-14(7-8-26)15(23(33)34)11-35-24(13)38-25-22(21(32)20(31)18(10-27)36-25)37-19(30)6-4-12-3-5-16(28)17(29)9-12/h2-6,9,11,13-14,18,20-22,24-29,31-32H,1,7-8,10H2,(H,33,34)/t13-,14+,18-,20-,21+,22-,24+,25+/m1/s1. The van der Waals surface area contributed by atoms with Crippen molar-refractivity contribution >= 4 is 18.0 Å². The fourth-order valence-corrected chi connectivity index (χ4v) is 4.21. The molecule has 0 aliphatic carbocycles. The first-order valence-electron chi connectivity index (χ1n) is 11.6. The van der Waals surface area contributed by atoms with E-state index in [2.05, 4.69) is 6.58 Å². The molecule has 2 aliphatic heterocycles. The van der Waals surface area contributed by atoms with E-state index in [1.165, 1.54) is 30.4 Å². The molecule has 7 N–H and O–H groups in total. The third kappa shape index (κ3) is 6.51. The third-order valence-electron chi connectivity index (χ3n) is 6.22. The van der Waals surface area contributed by atoms with Gasteiger partial charge in [-0.15, -0.1) is 6.58 Å². The summed E-state index contributed by atoms with van der Waals surface area (Å²) >= 11 is 0. The molecule has 13 heteroatoms. The van der Waals surface area contributed by atoms with Crippen molar-refractivity contribution in [2.45, 2.75) is 43.4 Å². The molecule has 0 aromatic heterocycles. The van der Waals surface area contributed by atoms with Gasteiger partial charge in [0.1, 0.15) is 18.3 Å². The number of carboxylic acid groups (broad SMARTS) is 1. The second-order valence-corrected chi connectivity index (χ2v) is 8.64. The highest BCUT2D eigenvalue weighted by Gasteiger charge is 2.49. The topological polar surface area (TPSA) is 213 Å². The summed E-state index contributed by atoms with van der Waals surface area (Å²) in [6.07, 6.45) is -4.59. The first-order valence-corrected chi connectivity index (χ1v) is 11.6. The summed E-state index contributed by atoms with van der Waals surface area (Å²) in [6, 6.07) is 3.82. The number of rotatable bonds is 10. The molecule has 38 heavy (non-hydrogen) atoms. The van der Waals surface area contributed by atoms with Gasteiger partial charge in [-0.3, -0.25) is 0 Å². The first-order chi connectivity index (χ1) is 18.1. The predicted octanol–water partition coefficient (Wildman–Crippen LogP) is -0.396. The Bertz CT molecular complexity index is 1070. The lowest BCUT2D eigenvalue weighted by Crippen LogP contribution is -2.61. The van der Waals surface area contributed by atoms with Crippen molar-refractivity contribution in [3.63, 3.8) is 0 Å². The van der Waals surface area contributed by atoms with Crippen LogP contribution in [0.4, 0.5) is 0 Å². The van der Waals surface area contributed by atoms with Gasteiger partial charge >= 0.3 is 11.9 Å². The molecule has 1 saturated heterocycles. The second kappa shape index (κ2) is 12.9. The van der Waals surface area contributed by atoms with E-state index in [1.54, 1.807) is 0 Å². The SMILES string of the molecule is C=C[C@H]1[C@H](O[C@@H]2O[C@H](CO)[C@@H](O)[C@H](O)[C@H]2OC(=O)C=Cc2ccc(O)c(O)c2)OC=C(C(=O)O)[C@H]1CCO. The van der Waals surface area contributed by atoms with Crippen LogP contribution in [0.3, 0.4) is 0 Å². The van der Waals surface area contributed by atoms with Crippen LogP contribution in [0.1, 0.15) is 12.0 Å². The number of aromatic hydroxyl groups is 2. The van der Waals surface area contributed by atoms with Gasteiger partial charge in [0, 0.05) is 24.5 Å². The third-order valence-corrected chi connectivity index (χ3v) is 6.22. The van der Waals surface area contributed by atoms with Crippen LogP contribution >= 0.6 is 0 Å². The lowest BCUT2D eigenvalue weighted by atomic mass is 9.82. The molecule has 2 heterocycles. The molecule has 8 atom stereocenters. The van der Waals surface area contributed by atoms with E-state index in [-0.39, 0.29) is 24.4 Å². The fraction of sp³-hybridized carbons (Fsp3) is 0.440. The van der Waals surface area contributed by atoms with Crippen LogP contribution in [0, 0.1) is 11.8 Å². The number of carbonyl (C=O) groups is 2. The van der Waals surface area contributed by atoms with E-state index < -0.39 is 73.1 Å². The maximum absolute atomic E-state index is 12.5. The van der Waals surface area contributed by atoms with Gasteiger partial charge in [-0.1, -0.05) is 12.1 Å². The highest BCUT2D eigenvalue weighted by atomic mass is 16.8. The first kappa shape index (κ1) is 29.1. The zero-order valence-corrected chi connectivity index (χ0v) is 20.1. The number of aliphatic hydroxyl groups is 4. The van der Waals surface area contributed by atoms with E-state index in [1.807, 2.05) is 0 Å². The Labute approximate surface area is 217 Å². The number of carboxylic acids is 1. The molecule has 0 spiro atoms. The Kier molecular flexibility index (Phi) is 9.85. The molecule has 13 nitrogen and oxygen atoms in total. The van der Waals surface area contributed by atoms with Gasteiger partial charge in [-0.05, 0) is 30.2 Å². The molecule has 2 aliphatic rings. The van der Waals surface area contributed by atoms with Crippen molar-refractivity contribution in [2.75, 3.05) is 13.2 Å². The number of benzene rings is 1. The fourth-order valence-electron chi connectivity index (χ4n) is 4.21. The summed E-state index contributed by atoms with van der Waals surface area (Å²) in [5.41, 5.74) is 0.219. The molecule has 0 saturated carbocycles. The van der Waals surface area contributed by atoms with E-state index in [4.69, 9.17) is 18.9 Å². The molecule has 1 aromatic carbocycles. The number of hydrogen-bond donors (Lipinski definition) is 7. The number of aliphatic hydroxyl groups excluding tert-OH is 4. The maximum Gasteiger partial charge on any atom is 0.334 e. The smallest absolute Gasteiger partial charge is 0.334 e. The minimum atomic E-state index is -1.76. The van der Waals surface area contributed by atoms with Gasteiger partial charge in [0.2, 0.25) is 12.6 Å². The zero-order valence-electron chi connectivity index (χ0n) is 20.1. The number of esters is 1. The Hall–Kier alpha value is -3.46. The van der Waals surface area contributed by atoms with E-state index >= 15 is 0 Å². The number of hydrogen-bond acceptors (Lipinski definition) is 12. The van der Waals surface area contributed by atoms with Crippen LogP contribution in [0.2, 0.25) is 0 Å². The molecule has 0 unspecified atom stereocenters. The van der Waals surface area contributed by atoms with Crippen molar-refractivity contribution in [3.8, 4) is 11.5 Å². The summed E-state index contributed by atoms with van der Waals surface area (Å²) < 4.78 is 22.1. The normalized spacial score (nSPS) is 31.3. The van der Waals surface area contributed by atoms with Gasteiger partial charge in [0.25, 0.3) is 0 Å². The molecule has 0 radical (unpaired) electrons. The summed E-state index contributed by atoms with van der Waals surface area (Å²) in [7, 11) is 0. The summed E-state index contributed by atoms with van der Waals surface area (Å²) in [5.74, 6) is -4.59. The largest absolute Gasteiger partial charge is 0.504 e. The average Bonchev–Trinajstić information content (AvgIpc) is 2.89. The maximum atomic E-state index is 12.5. The summed E-state index contributed by atoms with van der Waals surface area (Å²) in [6.45, 7) is 2.63. The lowest BCUT2D eigenvalue weighted by Gasteiger charge is -2.44. The molecular formula is C25H30O13. The minimum absolute atomic E-state index is 0.0419. The van der Waals surface area contributed by atoms with Crippen LogP contribution in [-0.4, -0.2) is 97.9 Å². The highest BCUT2D eigenvalue weighted by Crippen LogP contribution is 2.37. The molecule has 0 bridgehead atoms. The van der Waals surface area contributed by atoms with Crippen molar-refractivity contribution < 1.29 is 64.3 Å². The number of carbonyl (C=O) groups excluding carboxylic acids is 1.